The second-order valence-corrected chi connectivity index (χ2v) is 1.56. The van der Waals surface area contributed by atoms with E-state index >= 15 is 0 Å². The summed E-state index contributed by atoms with van der Waals surface area (Å²) in [6.45, 7) is 0. The van der Waals surface area contributed by atoms with Crippen LogP contribution in [0.5, 0.6) is 0 Å². The van der Waals surface area contributed by atoms with Crippen molar-refractivity contribution in [2.75, 3.05) is 0 Å². The van der Waals surface area contributed by atoms with Crippen LogP contribution in [0.4, 0.5) is 0 Å². The molecule has 0 fully saturated rings. The molecule has 5 heavy (non-hydrogen) atoms. The summed E-state index contributed by atoms with van der Waals surface area (Å²) in [4.78, 5) is 0. The first-order chi connectivity index (χ1) is 1.73. The van der Waals surface area contributed by atoms with E-state index in [1.54, 1.807) is 0 Å². The quantitative estimate of drug-likeness (QED) is 0.205. The van der Waals surface area contributed by atoms with Crippen molar-refractivity contribution in [2.45, 2.75) is 0 Å². The number of thiol groups is 1. The van der Waals surface area contributed by atoms with E-state index in [1.807, 2.05) is 0 Å². The molecule has 0 amide bonds. The van der Waals surface area contributed by atoms with Crippen LogP contribution in [-0.2, 0) is 0 Å². The molecule has 0 aliphatic carbocycles. The first kappa shape index (κ1) is 9.53. The van der Waals surface area contributed by atoms with Gasteiger partial charge in [0.05, 0.1) is 0 Å². The van der Waals surface area contributed by atoms with Crippen LogP contribution < -0.4 is 35.3 Å². The Bertz CT molecular complexity index is 36.5. The summed E-state index contributed by atoms with van der Waals surface area (Å²) in [5, 5.41) is 0. The topological polar surface area (TPSA) is 26.0 Å². The zero-order valence-electron chi connectivity index (χ0n) is 3.93. The summed E-state index contributed by atoms with van der Waals surface area (Å²) < 4.78 is 0.194. The Labute approximate surface area is 65.5 Å². The van der Waals surface area contributed by atoms with Crippen molar-refractivity contribution < 1.29 is 31.0 Å². The van der Waals surface area contributed by atoms with Gasteiger partial charge in [-0.2, -0.15) is 0 Å². The molecule has 1 nitrogen and oxygen atoms in total. The van der Waals surface area contributed by atoms with Gasteiger partial charge in [0.25, 0.3) is 0 Å². The van der Waals surface area contributed by atoms with E-state index < -0.39 is 0 Å². The van der Waals surface area contributed by atoms with Crippen molar-refractivity contribution >= 4 is 29.2 Å². The van der Waals surface area contributed by atoms with Crippen LogP contribution in [-0.4, -0.2) is 4.32 Å². The van der Waals surface area contributed by atoms with Gasteiger partial charge in [-0.15, -0.1) is 12.6 Å². The van der Waals surface area contributed by atoms with E-state index in [0.717, 1.165) is 0 Å². The molecule has 0 heterocycles. The first-order valence-corrected chi connectivity index (χ1v) is 1.57. The minimum absolute atomic E-state index is 0. The fourth-order valence-electron chi connectivity index (χ4n) is 0. The molecule has 0 saturated heterocycles. The second kappa shape index (κ2) is 5.24. The molecule has 0 radical (unpaired) electrons. The van der Waals surface area contributed by atoms with E-state index in [-0.39, 0.29) is 35.3 Å². The third-order valence-electron chi connectivity index (χ3n) is 0. The van der Waals surface area contributed by atoms with Gasteiger partial charge in [0, 0.05) is 0 Å². The zero-order chi connectivity index (χ0) is 3.58. The monoisotopic (exact) mass is 117 g/mol. The smallest absolute Gasteiger partial charge is 1.00 e. The molecule has 2 N–H and O–H groups in total. The van der Waals surface area contributed by atoms with E-state index in [2.05, 4.69) is 24.8 Å². The van der Waals surface area contributed by atoms with Gasteiger partial charge < -0.3 is 7.16 Å². The van der Waals surface area contributed by atoms with Crippen LogP contribution >= 0.6 is 24.8 Å². The Balaban J connectivity index is -0.0000000450. The molecule has 0 aromatic rings. The average molecular weight is 117 g/mol. The standard InChI is InChI=1S/CH3NS2.Na.H/c2-1(3)4;;/h(H3,2,3,4);;/q;+1;-1. The number of nitrogens with two attached hydrogens (primary N) is 1. The molecular weight excluding hydrogens is 113 g/mol. The molecule has 0 aromatic carbocycles. The Morgan fingerprint density at radius 2 is 2.00 bits per heavy atom. The molecule has 0 aromatic heterocycles. The summed E-state index contributed by atoms with van der Waals surface area (Å²) in [6.07, 6.45) is 0. The van der Waals surface area contributed by atoms with Gasteiger partial charge in [0.1, 0.15) is 4.32 Å². The number of hydrogen-bond acceptors (Lipinski definition) is 1. The maximum atomic E-state index is 4.71. The fourth-order valence-corrected chi connectivity index (χ4v) is 0. The molecule has 4 heteroatoms. The van der Waals surface area contributed by atoms with Gasteiger partial charge in [-0.25, -0.2) is 0 Å². The summed E-state index contributed by atoms with van der Waals surface area (Å²) in [5.74, 6) is 0. The molecule has 26 valence electrons. The fraction of sp³-hybridized carbons (Fsp3) is 0. The Morgan fingerprint density at radius 3 is 2.00 bits per heavy atom. The van der Waals surface area contributed by atoms with Crippen molar-refractivity contribution in [1.82, 2.24) is 0 Å². The van der Waals surface area contributed by atoms with Crippen LogP contribution in [0.1, 0.15) is 1.43 Å². The maximum absolute atomic E-state index is 4.71. The summed E-state index contributed by atoms with van der Waals surface area (Å²) in [6, 6.07) is 0. The van der Waals surface area contributed by atoms with Crippen LogP contribution in [0, 0.1) is 0 Å². The third-order valence-corrected chi connectivity index (χ3v) is 0. The zero-order valence-corrected chi connectivity index (χ0v) is 6.64. The van der Waals surface area contributed by atoms with Gasteiger partial charge in [0.15, 0.2) is 0 Å². The molecular formula is CH4NNaS2. The Kier molecular flexibility index (Phi) is 9.99. The summed E-state index contributed by atoms with van der Waals surface area (Å²) >= 11 is 7.65. The Morgan fingerprint density at radius 1 is 2.00 bits per heavy atom. The normalized spacial score (nSPS) is 5.00. The summed E-state index contributed by atoms with van der Waals surface area (Å²) in [7, 11) is 0. The van der Waals surface area contributed by atoms with Gasteiger partial charge in [-0.1, -0.05) is 12.2 Å². The predicted octanol–water partition coefficient (Wildman–Crippen LogP) is -2.72. The second-order valence-electron chi connectivity index (χ2n) is 0.338. The number of hydrogen-bond donors (Lipinski definition) is 2. The van der Waals surface area contributed by atoms with E-state index in [0.29, 0.717) is 0 Å². The van der Waals surface area contributed by atoms with E-state index in [9.17, 15) is 0 Å². The maximum Gasteiger partial charge on any atom is 1.00 e. The van der Waals surface area contributed by atoms with Crippen molar-refractivity contribution in [2.24, 2.45) is 5.73 Å². The molecule has 0 saturated carbocycles. The largest absolute Gasteiger partial charge is 1.00 e. The van der Waals surface area contributed by atoms with Gasteiger partial charge in [0.2, 0.25) is 0 Å². The van der Waals surface area contributed by atoms with Crippen LogP contribution in [0.2, 0.25) is 0 Å². The average Bonchev–Trinajstić information content (AvgIpc) is 0.811. The van der Waals surface area contributed by atoms with Crippen LogP contribution in [0.3, 0.4) is 0 Å². The molecule has 0 unspecified atom stereocenters. The summed E-state index contributed by atoms with van der Waals surface area (Å²) in [5.41, 5.74) is 4.71. The van der Waals surface area contributed by atoms with Gasteiger partial charge >= 0.3 is 29.6 Å². The predicted molar refractivity (Wildman–Crippen MR) is 26.9 cm³/mol. The first-order valence-electron chi connectivity index (χ1n) is 0.716. The SMILES string of the molecule is NC(=S)S.[H-].[Na+]. The Hall–Kier alpha value is 1.24. The van der Waals surface area contributed by atoms with Crippen LogP contribution in [0.15, 0.2) is 0 Å². The van der Waals surface area contributed by atoms with E-state index in [1.165, 1.54) is 0 Å². The van der Waals surface area contributed by atoms with Crippen molar-refractivity contribution in [3.8, 4) is 0 Å². The third kappa shape index (κ3) is 35.8. The molecule has 0 rings (SSSR count). The van der Waals surface area contributed by atoms with Gasteiger partial charge in [-0.05, 0) is 0 Å². The number of thiocarbonyl (C=S) groups is 1. The number of rotatable bonds is 0. The van der Waals surface area contributed by atoms with Crippen molar-refractivity contribution in [3.63, 3.8) is 0 Å². The molecule has 0 aliphatic rings. The van der Waals surface area contributed by atoms with Crippen LogP contribution in [0.25, 0.3) is 0 Å². The minimum atomic E-state index is 0. The minimum Gasteiger partial charge on any atom is -1.00 e. The molecule has 0 aliphatic heterocycles. The van der Waals surface area contributed by atoms with Gasteiger partial charge in [-0.3, -0.25) is 0 Å². The van der Waals surface area contributed by atoms with Crippen molar-refractivity contribution in [1.29, 1.82) is 0 Å². The molecule has 0 atom stereocenters. The van der Waals surface area contributed by atoms with Crippen molar-refractivity contribution in [3.05, 3.63) is 0 Å². The molecule has 0 spiro atoms. The molecule has 0 bridgehead atoms. The van der Waals surface area contributed by atoms with E-state index in [4.69, 9.17) is 5.73 Å².